The van der Waals surface area contributed by atoms with Crippen LogP contribution in [0.4, 0.5) is 5.69 Å². The maximum atomic E-state index is 5.94. The maximum absolute atomic E-state index is 5.94. The first-order valence-corrected chi connectivity index (χ1v) is 8.47. The topological polar surface area (TPSA) is 59.6 Å². The van der Waals surface area contributed by atoms with Gasteiger partial charge in [-0.05, 0) is 55.7 Å². The molecule has 0 saturated carbocycles. The van der Waals surface area contributed by atoms with Crippen LogP contribution in [0.3, 0.4) is 0 Å². The van der Waals surface area contributed by atoms with E-state index in [1.165, 1.54) is 18.4 Å². The van der Waals surface area contributed by atoms with Crippen LogP contribution >= 0.6 is 24.0 Å². The fourth-order valence-electron chi connectivity index (χ4n) is 2.68. The normalized spacial score (nSPS) is 19.7. The number of aliphatic imine (C=N–C) groups is 1. The van der Waals surface area contributed by atoms with Gasteiger partial charge in [-0.1, -0.05) is 26.0 Å². The number of halogens is 1. The fraction of sp³-hybridized carbons (Fsp3) is 0.611. The van der Waals surface area contributed by atoms with Crippen molar-refractivity contribution in [3.63, 3.8) is 0 Å². The Hall–Kier alpha value is -0.820. The Kier molecular flexibility index (Phi) is 9.55. The van der Waals surface area contributed by atoms with Crippen LogP contribution in [0.15, 0.2) is 29.3 Å². The summed E-state index contributed by atoms with van der Waals surface area (Å²) < 4.78 is 5.69. The minimum Gasteiger partial charge on any atom is -0.378 e. The SMILES string of the molecule is CCC(C)c1ccc(NC(N)=NCCC2CCCCO2)cc1.I. The van der Waals surface area contributed by atoms with Gasteiger partial charge in [-0.15, -0.1) is 24.0 Å². The molecule has 5 heteroatoms. The first-order valence-electron chi connectivity index (χ1n) is 8.47. The summed E-state index contributed by atoms with van der Waals surface area (Å²) in [6.45, 7) is 6.06. The molecule has 1 aliphatic heterocycles. The molecule has 1 fully saturated rings. The van der Waals surface area contributed by atoms with Crippen LogP contribution in [0.5, 0.6) is 0 Å². The fourth-order valence-corrected chi connectivity index (χ4v) is 2.68. The minimum atomic E-state index is 0. The number of ether oxygens (including phenoxy) is 1. The highest BCUT2D eigenvalue weighted by atomic mass is 127. The Morgan fingerprint density at radius 1 is 1.35 bits per heavy atom. The molecule has 0 aromatic heterocycles. The predicted octanol–water partition coefficient (Wildman–Crippen LogP) is 4.50. The van der Waals surface area contributed by atoms with Gasteiger partial charge in [0.15, 0.2) is 5.96 Å². The van der Waals surface area contributed by atoms with Gasteiger partial charge in [0.1, 0.15) is 0 Å². The summed E-state index contributed by atoms with van der Waals surface area (Å²) >= 11 is 0. The summed E-state index contributed by atoms with van der Waals surface area (Å²) in [5, 5.41) is 3.15. The molecule has 1 aromatic rings. The summed E-state index contributed by atoms with van der Waals surface area (Å²) in [5.74, 6) is 1.07. The third kappa shape index (κ3) is 7.08. The van der Waals surface area contributed by atoms with Gasteiger partial charge in [-0.2, -0.15) is 0 Å². The van der Waals surface area contributed by atoms with Crippen LogP contribution < -0.4 is 11.1 Å². The van der Waals surface area contributed by atoms with Crippen LogP contribution in [0.2, 0.25) is 0 Å². The second kappa shape index (κ2) is 10.9. The predicted molar refractivity (Wildman–Crippen MR) is 109 cm³/mol. The molecule has 0 amide bonds. The van der Waals surface area contributed by atoms with E-state index in [2.05, 4.69) is 48.4 Å². The number of rotatable bonds is 6. The van der Waals surface area contributed by atoms with E-state index in [4.69, 9.17) is 10.5 Å². The number of guanidine groups is 1. The summed E-state index contributed by atoms with van der Waals surface area (Å²) in [7, 11) is 0. The van der Waals surface area contributed by atoms with Crippen LogP contribution in [0.25, 0.3) is 0 Å². The number of nitrogens with one attached hydrogen (secondary N) is 1. The number of nitrogens with zero attached hydrogens (tertiary/aromatic N) is 1. The van der Waals surface area contributed by atoms with E-state index >= 15 is 0 Å². The number of hydrogen-bond acceptors (Lipinski definition) is 2. The minimum absolute atomic E-state index is 0. The van der Waals surface area contributed by atoms with Crippen molar-refractivity contribution >= 4 is 35.6 Å². The van der Waals surface area contributed by atoms with Gasteiger partial charge >= 0.3 is 0 Å². The Labute approximate surface area is 157 Å². The molecule has 23 heavy (non-hydrogen) atoms. The lowest BCUT2D eigenvalue weighted by Crippen LogP contribution is -2.24. The van der Waals surface area contributed by atoms with Gasteiger partial charge in [0.05, 0.1) is 6.10 Å². The van der Waals surface area contributed by atoms with Crippen molar-refractivity contribution in [2.24, 2.45) is 10.7 Å². The molecule has 1 aromatic carbocycles. The molecule has 2 unspecified atom stereocenters. The van der Waals surface area contributed by atoms with E-state index in [1.54, 1.807) is 0 Å². The zero-order valence-electron chi connectivity index (χ0n) is 14.3. The average Bonchev–Trinajstić information content (AvgIpc) is 2.56. The molecular weight excluding hydrogens is 401 g/mol. The smallest absolute Gasteiger partial charge is 0.193 e. The van der Waals surface area contributed by atoms with E-state index in [1.807, 2.05) is 0 Å². The van der Waals surface area contributed by atoms with Crippen molar-refractivity contribution in [2.45, 2.75) is 58.0 Å². The Bertz CT molecular complexity index is 470. The molecular formula is C18H30IN3O. The quantitative estimate of drug-likeness (QED) is 0.396. The molecule has 0 spiro atoms. The molecule has 0 aliphatic carbocycles. The molecule has 1 saturated heterocycles. The van der Waals surface area contributed by atoms with E-state index in [-0.39, 0.29) is 24.0 Å². The highest BCUT2D eigenvalue weighted by Gasteiger charge is 2.12. The standard InChI is InChI=1S/C18H29N3O.HI/c1-3-14(2)15-7-9-16(10-8-15)21-18(19)20-12-11-17-6-4-5-13-22-17;/h7-10,14,17H,3-6,11-13H2,1-2H3,(H3,19,20,21);1H. The van der Waals surface area contributed by atoms with Crippen LogP contribution in [-0.4, -0.2) is 25.2 Å². The third-order valence-electron chi connectivity index (χ3n) is 4.37. The summed E-state index contributed by atoms with van der Waals surface area (Å²) in [4.78, 5) is 4.39. The molecule has 1 aliphatic rings. The maximum Gasteiger partial charge on any atom is 0.193 e. The van der Waals surface area contributed by atoms with Crippen molar-refractivity contribution < 1.29 is 4.74 Å². The average molecular weight is 431 g/mol. The van der Waals surface area contributed by atoms with Crippen LogP contribution in [0.1, 0.15) is 57.4 Å². The lowest BCUT2D eigenvalue weighted by Gasteiger charge is -2.21. The Morgan fingerprint density at radius 2 is 2.09 bits per heavy atom. The molecule has 1 heterocycles. The lowest BCUT2D eigenvalue weighted by molar-refractivity contribution is 0.0129. The molecule has 0 bridgehead atoms. The largest absolute Gasteiger partial charge is 0.378 e. The van der Waals surface area contributed by atoms with E-state index in [9.17, 15) is 0 Å². The van der Waals surface area contributed by atoms with Gasteiger partial charge in [0, 0.05) is 18.8 Å². The third-order valence-corrected chi connectivity index (χ3v) is 4.37. The Balaban J connectivity index is 0.00000264. The van der Waals surface area contributed by atoms with Crippen molar-refractivity contribution in [1.29, 1.82) is 0 Å². The highest BCUT2D eigenvalue weighted by molar-refractivity contribution is 14.0. The van der Waals surface area contributed by atoms with Crippen molar-refractivity contribution in [2.75, 3.05) is 18.5 Å². The monoisotopic (exact) mass is 431 g/mol. The molecule has 0 radical (unpaired) electrons. The summed E-state index contributed by atoms with van der Waals surface area (Å²) in [5.41, 5.74) is 8.29. The summed E-state index contributed by atoms with van der Waals surface area (Å²) in [6, 6.07) is 8.43. The van der Waals surface area contributed by atoms with E-state index < -0.39 is 0 Å². The van der Waals surface area contributed by atoms with Crippen molar-refractivity contribution in [1.82, 2.24) is 0 Å². The number of nitrogens with two attached hydrogens (primary N) is 1. The van der Waals surface area contributed by atoms with E-state index in [0.29, 0.717) is 24.5 Å². The van der Waals surface area contributed by atoms with Crippen LogP contribution in [-0.2, 0) is 4.74 Å². The number of benzene rings is 1. The van der Waals surface area contributed by atoms with Crippen molar-refractivity contribution in [3.8, 4) is 0 Å². The van der Waals surface area contributed by atoms with Crippen molar-refractivity contribution in [3.05, 3.63) is 29.8 Å². The second-order valence-electron chi connectivity index (χ2n) is 6.10. The Morgan fingerprint density at radius 3 is 2.70 bits per heavy atom. The van der Waals surface area contributed by atoms with Gasteiger partial charge in [-0.3, -0.25) is 4.99 Å². The molecule has 2 rings (SSSR count). The zero-order valence-corrected chi connectivity index (χ0v) is 16.6. The molecule has 3 N–H and O–H groups in total. The second-order valence-corrected chi connectivity index (χ2v) is 6.10. The number of anilines is 1. The van der Waals surface area contributed by atoms with Gasteiger partial charge in [-0.25, -0.2) is 0 Å². The lowest BCUT2D eigenvalue weighted by atomic mass is 9.99. The first kappa shape index (κ1) is 20.2. The van der Waals surface area contributed by atoms with E-state index in [0.717, 1.165) is 31.6 Å². The molecule has 2 atom stereocenters. The van der Waals surface area contributed by atoms with Gasteiger partial charge in [0.2, 0.25) is 0 Å². The molecule has 4 nitrogen and oxygen atoms in total. The first-order chi connectivity index (χ1) is 10.7. The number of hydrogen-bond donors (Lipinski definition) is 2. The zero-order chi connectivity index (χ0) is 15.8. The van der Waals surface area contributed by atoms with Gasteiger partial charge < -0.3 is 15.8 Å². The van der Waals surface area contributed by atoms with Gasteiger partial charge in [0.25, 0.3) is 0 Å². The summed E-state index contributed by atoms with van der Waals surface area (Å²) in [6.07, 6.45) is 6.08. The highest BCUT2D eigenvalue weighted by Crippen LogP contribution is 2.20. The molecule has 130 valence electrons. The van der Waals surface area contributed by atoms with Crippen LogP contribution in [0, 0.1) is 0 Å².